The highest BCUT2D eigenvalue weighted by molar-refractivity contribution is 9.10. The van der Waals surface area contributed by atoms with Crippen molar-refractivity contribution in [3.05, 3.63) is 59.1 Å². The molecule has 0 aromatic heterocycles. The second-order valence-corrected chi connectivity index (χ2v) is 6.02. The SMILES string of the molecule is O=S(=O)(Nc1ccccc1)c1ccc(Br)cc1. The number of hydrogen-bond acceptors (Lipinski definition) is 2. The Morgan fingerprint density at radius 2 is 1.47 bits per heavy atom. The summed E-state index contributed by atoms with van der Waals surface area (Å²) in [5, 5.41) is 0. The number of halogens is 1. The van der Waals surface area contributed by atoms with E-state index in [4.69, 9.17) is 0 Å². The van der Waals surface area contributed by atoms with E-state index in [1.54, 1.807) is 48.5 Å². The molecular weight excluding hydrogens is 302 g/mol. The fraction of sp³-hybridized carbons (Fsp3) is 0. The number of para-hydroxylation sites is 1. The summed E-state index contributed by atoms with van der Waals surface area (Å²) >= 11 is 3.26. The third-order valence-corrected chi connectivity index (χ3v) is 4.08. The van der Waals surface area contributed by atoms with Crippen molar-refractivity contribution in [1.29, 1.82) is 0 Å². The van der Waals surface area contributed by atoms with Crippen LogP contribution < -0.4 is 4.72 Å². The Hall–Kier alpha value is -1.33. The van der Waals surface area contributed by atoms with E-state index in [1.165, 1.54) is 0 Å². The van der Waals surface area contributed by atoms with Crippen LogP contribution in [0.15, 0.2) is 64.0 Å². The van der Waals surface area contributed by atoms with Gasteiger partial charge in [0, 0.05) is 10.2 Å². The fourth-order valence-corrected chi connectivity index (χ4v) is 2.66. The molecule has 3 nitrogen and oxygen atoms in total. The summed E-state index contributed by atoms with van der Waals surface area (Å²) in [6.45, 7) is 0. The molecule has 0 unspecified atom stereocenters. The number of nitrogens with one attached hydrogen (secondary N) is 1. The molecular formula is C12H10BrNO2S. The van der Waals surface area contributed by atoms with Crippen molar-refractivity contribution < 1.29 is 8.42 Å². The van der Waals surface area contributed by atoms with Gasteiger partial charge in [0.15, 0.2) is 0 Å². The van der Waals surface area contributed by atoms with Gasteiger partial charge in [-0.1, -0.05) is 34.1 Å². The van der Waals surface area contributed by atoms with Gasteiger partial charge < -0.3 is 0 Å². The summed E-state index contributed by atoms with van der Waals surface area (Å²) in [5.74, 6) is 0. The Bertz CT molecular complexity index is 594. The van der Waals surface area contributed by atoms with Crippen molar-refractivity contribution in [3.63, 3.8) is 0 Å². The molecule has 0 atom stereocenters. The standard InChI is InChI=1S/C12H10BrNO2S/c13-10-6-8-12(9-7-10)17(15,16)14-11-4-2-1-3-5-11/h1-9,14H. The lowest BCUT2D eigenvalue weighted by Crippen LogP contribution is -2.12. The molecule has 88 valence electrons. The number of benzene rings is 2. The molecule has 2 aromatic carbocycles. The van der Waals surface area contributed by atoms with E-state index in [0.717, 1.165) is 4.47 Å². The zero-order valence-corrected chi connectivity index (χ0v) is 11.2. The molecule has 2 aromatic rings. The lowest BCUT2D eigenvalue weighted by Gasteiger charge is -2.07. The summed E-state index contributed by atoms with van der Waals surface area (Å²) in [4.78, 5) is 0.240. The summed E-state index contributed by atoms with van der Waals surface area (Å²) in [6.07, 6.45) is 0. The fourth-order valence-electron chi connectivity index (χ4n) is 1.33. The molecule has 2 rings (SSSR count). The number of rotatable bonds is 3. The van der Waals surface area contributed by atoms with Crippen LogP contribution >= 0.6 is 15.9 Å². The number of sulfonamides is 1. The van der Waals surface area contributed by atoms with Gasteiger partial charge in [-0.25, -0.2) is 8.42 Å². The average molecular weight is 312 g/mol. The van der Waals surface area contributed by atoms with E-state index in [2.05, 4.69) is 20.7 Å². The van der Waals surface area contributed by atoms with Crippen LogP contribution in [0, 0.1) is 0 Å². The quantitative estimate of drug-likeness (QED) is 0.945. The van der Waals surface area contributed by atoms with E-state index in [9.17, 15) is 8.42 Å². The minimum absolute atomic E-state index is 0.240. The van der Waals surface area contributed by atoms with E-state index < -0.39 is 10.0 Å². The highest BCUT2D eigenvalue weighted by Gasteiger charge is 2.13. The first-order valence-electron chi connectivity index (χ1n) is 4.91. The van der Waals surface area contributed by atoms with Crippen LogP contribution in [0.1, 0.15) is 0 Å². The number of anilines is 1. The number of hydrogen-bond donors (Lipinski definition) is 1. The molecule has 0 aliphatic heterocycles. The first-order valence-corrected chi connectivity index (χ1v) is 7.19. The first kappa shape index (κ1) is 12.1. The normalized spacial score (nSPS) is 11.1. The van der Waals surface area contributed by atoms with Gasteiger partial charge >= 0.3 is 0 Å². The van der Waals surface area contributed by atoms with Crippen molar-refractivity contribution in [2.45, 2.75) is 4.90 Å². The van der Waals surface area contributed by atoms with E-state index in [0.29, 0.717) is 5.69 Å². The summed E-state index contributed by atoms with van der Waals surface area (Å²) < 4.78 is 27.3. The topological polar surface area (TPSA) is 46.2 Å². The molecule has 0 saturated carbocycles. The lowest BCUT2D eigenvalue weighted by molar-refractivity contribution is 0.601. The predicted octanol–water partition coefficient (Wildman–Crippen LogP) is 3.25. The Morgan fingerprint density at radius 3 is 2.06 bits per heavy atom. The molecule has 0 bridgehead atoms. The van der Waals surface area contributed by atoms with Crippen molar-refractivity contribution in [2.24, 2.45) is 0 Å². The molecule has 0 aliphatic rings. The highest BCUT2D eigenvalue weighted by atomic mass is 79.9. The maximum Gasteiger partial charge on any atom is 0.261 e. The van der Waals surface area contributed by atoms with Gasteiger partial charge in [0.2, 0.25) is 0 Å². The third-order valence-electron chi connectivity index (χ3n) is 2.15. The van der Waals surface area contributed by atoms with Gasteiger partial charge in [0.25, 0.3) is 10.0 Å². The maximum atomic E-state index is 12.0. The van der Waals surface area contributed by atoms with Crippen LogP contribution in [0.2, 0.25) is 0 Å². The molecule has 1 N–H and O–H groups in total. The van der Waals surface area contributed by atoms with Crippen molar-refractivity contribution in [2.75, 3.05) is 4.72 Å². The van der Waals surface area contributed by atoms with Gasteiger partial charge in [-0.15, -0.1) is 0 Å². The van der Waals surface area contributed by atoms with E-state index in [1.807, 2.05) is 6.07 Å². The van der Waals surface area contributed by atoms with Crippen molar-refractivity contribution in [3.8, 4) is 0 Å². The Balaban J connectivity index is 2.29. The molecule has 0 spiro atoms. The third kappa shape index (κ3) is 3.08. The summed E-state index contributed by atoms with van der Waals surface area (Å²) in [6, 6.07) is 15.3. The van der Waals surface area contributed by atoms with Crippen molar-refractivity contribution in [1.82, 2.24) is 0 Å². The van der Waals surface area contributed by atoms with Crippen LogP contribution in [-0.2, 0) is 10.0 Å². The lowest BCUT2D eigenvalue weighted by atomic mass is 10.3. The van der Waals surface area contributed by atoms with Crippen LogP contribution in [0.25, 0.3) is 0 Å². The Kier molecular flexibility index (Phi) is 3.49. The zero-order chi connectivity index (χ0) is 12.3. The molecule has 0 amide bonds. The van der Waals surface area contributed by atoms with Crippen molar-refractivity contribution >= 4 is 31.6 Å². The summed E-state index contributed by atoms with van der Waals surface area (Å²) in [5.41, 5.74) is 0.551. The van der Waals surface area contributed by atoms with Gasteiger partial charge in [0.05, 0.1) is 4.90 Å². The van der Waals surface area contributed by atoms with Gasteiger partial charge in [0.1, 0.15) is 0 Å². The molecule has 0 aliphatic carbocycles. The highest BCUT2D eigenvalue weighted by Crippen LogP contribution is 2.18. The van der Waals surface area contributed by atoms with Crippen LogP contribution in [0.4, 0.5) is 5.69 Å². The minimum Gasteiger partial charge on any atom is -0.280 e. The monoisotopic (exact) mass is 311 g/mol. The molecule has 5 heteroatoms. The average Bonchev–Trinajstić information content (AvgIpc) is 2.30. The van der Waals surface area contributed by atoms with Crippen LogP contribution in [0.3, 0.4) is 0 Å². The van der Waals surface area contributed by atoms with Crippen LogP contribution in [0.5, 0.6) is 0 Å². The molecule has 0 fully saturated rings. The van der Waals surface area contributed by atoms with E-state index >= 15 is 0 Å². The van der Waals surface area contributed by atoms with Gasteiger partial charge in [-0.05, 0) is 36.4 Å². The second-order valence-electron chi connectivity index (χ2n) is 3.43. The van der Waals surface area contributed by atoms with Gasteiger partial charge in [-0.3, -0.25) is 4.72 Å². The maximum absolute atomic E-state index is 12.0. The van der Waals surface area contributed by atoms with E-state index in [-0.39, 0.29) is 4.90 Å². The summed E-state index contributed by atoms with van der Waals surface area (Å²) in [7, 11) is -3.50. The Morgan fingerprint density at radius 1 is 0.882 bits per heavy atom. The zero-order valence-electron chi connectivity index (χ0n) is 8.80. The molecule has 0 heterocycles. The minimum atomic E-state index is -3.50. The Labute approximate surface area is 109 Å². The largest absolute Gasteiger partial charge is 0.280 e. The van der Waals surface area contributed by atoms with Crippen LogP contribution in [-0.4, -0.2) is 8.42 Å². The molecule has 17 heavy (non-hydrogen) atoms. The van der Waals surface area contributed by atoms with Gasteiger partial charge in [-0.2, -0.15) is 0 Å². The second kappa shape index (κ2) is 4.89. The first-order chi connectivity index (χ1) is 8.08. The molecule has 0 radical (unpaired) electrons. The predicted molar refractivity (Wildman–Crippen MR) is 71.4 cm³/mol. The smallest absolute Gasteiger partial charge is 0.261 e. The molecule has 0 saturated heterocycles.